The van der Waals surface area contributed by atoms with Crippen molar-refractivity contribution in [1.82, 2.24) is 24.2 Å². The number of H-pyrrole nitrogens is 1. The fourth-order valence-corrected chi connectivity index (χ4v) is 6.55. The van der Waals surface area contributed by atoms with Crippen LogP contribution in [0.2, 0.25) is 5.02 Å². The Hall–Kier alpha value is -2.64. The second kappa shape index (κ2) is 10.4. The summed E-state index contributed by atoms with van der Waals surface area (Å²) in [6, 6.07) is 5.18. The molecule has 2 saturated heterocycles. The largest absolute Gasteiger partial charge is 0.495 e. The normalized spacial score (nSPS) is 18.4. The lowest BCUT2D eigenvalue weighted by Crippen LogP contribution is -2.50. The SMILES string of the molecule is CNc1nc(Nc2ccc(S(=O)(=O)N3CCC(N4CCOCC4)CC3)cc2OC)nc2[nH]cc(Cl)c12. The third-order valence-corrected chi connectivity index (χ3v) is 8.96. The van der Waals surface area contributed by atoms with Crippen LogP contribution < -0.4 is 15.4 Å². The summed E-state index contributed by atoms with van der Waals surface area (Å²) in [5.74, 6) is 1.25. The second-order valence-electron chi connectivity index (χ2n) is 8.78. The number of nitrogens with zero attached hydrogens (tertiary/aromatic N) is 4. The number of benzene rings is 1. The molecule has 0 unspecified atom stereocenters. The molecular weight excluding hydrogens is 506 g/mol. The highest BCUT2D eigenvalue weighted by Gasteiger charge is 2.32. The lowest BCUT2D eigenvalue weighted by Gasteiger charge is -2.39. The number of aromatic amines is 1. The Morgan fingerprint density at radius 1 is 1.17 bits per heavy atom. The third-order valence-electron chi connectivity index (χ3n) is 6.76. The number of aromatic nitrogens is 3. The van der Waals surface area contributed by atoms with Crippen LogP contribution in [0, 0.1) is 0 Å². The molecule has 0 amide bonds. The number of methoxy groups -OCH3 is 1. The molecule has 0 aliphatic carbocycles. The Kier molecular flexibility index (Phi) is 7.22. The van der Waals surface area contributed by atoms with E-state index in [0.717, 1.165) is 39.1 Å². The molecule has 2 fully saturated rings. The van der Waals surface area contributed by atoms with E-state index in [9.17, 15) is 8.42 Å². The summed E-state index contributed by atoms with van der Waals surface area (Å²) in [7, 11) is -0.406. The van der Waals surface area contributed by atoms with Gasteiger partial charge < -0.3 is 25.1 Å². The van der Waals surface area contributed by atoms with Gasteiger partial charge in [0.15, 0.2) is 0 Å². The highest BCUT2D eigenvalue weighted by atomic mass is 35.5. The number of rotatable bonds is 7. The molecule has 5 rings (SSSR count). The zero-order chi connectivity index (χ0) is 25.3. The minimum Gasteiger partial charge on any atom is -0.495 e. The van der Waals surface area contributed by atoms with Gasteiger partial charge in [0.05, 0.1) is 41.3 Å². The fraction of sp³-hybridized carbons (Fsp3) is 0.478. The molecule has 1 aromatic carbocycles. The number of nitrogens with one attached hydrogen (secondary N) is 3. The van der Waals surface area contributed by atoms with Crippen LogP contribution in [0.25, 0.3) is 11.0 Å². The summed E-state index contributed by atoms with van der Waals surface area (Å²) in [5.41, 5.74) is 1.11. The summed E-state index contributed by atoms with van der Waals surface area (Å²) in [6.07, 6.45) is 3.27. The predicted octanol–water partition coefficient (Wildman–Crippen LogP) is 2.89. The summed E-state index contributed by atoms with van der Waals surface area (Å²) >= 11 is 6.23. The first-order chi connectivity index (χ1) is 17.4. The zero-order valence-electron chi connectivity index (χ0n) is 20.3. The van der Waals surface area contributed by atoms with E-state index in [-0.39, 0.29) is 4.90 Å². The number of hydrogen-bond donors (Lipinski definition) is 3. The summed E-state index contributed by atoms with van der Waals surface area (Å²) < 4.78 is 39.3. The van der Waals surface area contributed by atoms with E-state index in [1.807, 2.05) is 0 Å². The van der Waals surface area contributed by atoms with Crippen LogP contribution in [0.5, 0.6) is 5.75 Å². The molecule has 3 aromatic rings. The van der Waals surface area contributed by atoms with Gasteiger partial charge in [0.1, 0.15) is 17.2 Å². The first-order valence-corrected chi connectivity index (χ1v) is 13.7. The summed E-state index contributed by atoms with van der Waals surface area (Å²) in [4.78, 5) is 14.6. The standard InChI is InChI=1S/C23H30ClN7O4S/c1-25-21-20-17(24)14-26-22(20)29-23(28-21)27-18-4-3-16(13-19(18)34-2)36(32,33)31-7-5-15(6-8-31)30-9-11-35-12-10-30/h3-4,13-15H,5-12H2,1-2H3,(H3,25,26,27,28,29). The Morgan fingerprint density at radius 3 is 2.61 bits per heavy atom. The van der Waals surface area contributed by atoms with Gasteiger partial charge in [0.25, 0.3) is 0 Å². The average Bonchev–Trinajstić information content (AvgIpc) is 3.29. The van der Waals surface area contributed by atoms with Crippen molar-refractivity contribution in [2.75, 3.05) is 64.2 Å². The first-order valence-electron chi connectivity index (χ1n) is 11.9. The van der Waals surface area contributed by atoms with Crippen molar-refractivity contribution >= 4 is 50.1 Å². The monoisotopic (exact) mass is 535 g/mol. The number of sulfonamides is 1. The first kappa shape index (κ1) is 25.0. The number of anilines is 3. The third kappa shape index (κ3) is 4.83. The molecule has 2 aromatic heterocycles. The maximum absolute atomic E-state index is 13.4. The molecule has 0 bridgehead atoms. The number of fused-ring (bicyclic) bond motifs is 1. The highest BCUT2D eigenvalue weighted by molar-refractivity contribution is 7.89. The molecule has 0 atom stereocenters. The van der Waals surface area contributed by atoms with Crippen LogP contribution in [0.3, 0.4) is 0 Å². The highest BCUT2D eigenvalue weighted by Crippen LogP contribution is 2.34. The van der Waals surface area contributed by atoms with Crippen molar-refractivity contribution in [3.8, 4) is 5.75 Å². The van der Waals surface area contributed by atoms with E-state index in [4.69, 9.17) is 21.1 Å². The maximum atomic E-state index is 13.4. The molecule has 36 heavy (non-hydrogen) atoms. The van der Waals surface area contributed by atoms with Gasteiger partial charge in [-0.2, -0.15) is 14.3 Å². The van der Waals surface area contributed by atoms with Crippen molar-refractivity contribution in [2.24, 2.45) is 0 Å². The van der Waals surface area contributed by atoms with Gasteiger partial charge in [0.2, 0.25) is 16.0 Å². The minimum atomic E-state index is -3.65. The number of hydrogen-bond acceptors (Lipinski definition) is 9. The molecule has 11 nitrogen and oxygen atoms in total. The summed E-state index contributed by atoms with van der Waals surface area (Å²) in [6.45, 7) is 4.29. The van der Waals surface area contributed by atoms with Crippen LogP contribution in [0.1, 0.15) is 12.8 Å². The van der Waals surface area contributed by atoms with E-state index >= 15 is 0 Å². The second-order valence-corrected chi connectivity index (χ2v) is 11.1. The van der Waals surface area contributed by atoms with Crippen molar-refractivity contribution < 1.29 is 17.9 Å². The molecular formula is C23H30ClN7O4S. The van der Waals surface area contributed by atoms with Gasteiger partial charge in [-0.3, -0.25) is 4.90 Å². The molecule has 0 radical (unpaired) electrons. The Labute approximate surface area is 215 Å². The van der Waals surface area contributed by atoms with Crippen molar-refractivity contribution in [3.63, 3.8) is 0 Å². The number of halogens is 1. The van der Waals surface area contributed by atoms with Crippen molar-refractivity contribution in [1.29, 1.82) is 0 Å². The average molecular weight is 536 g/mol. The number of morpholine rings is 1. The lowest BCUT2D eigenvalue weighted by atomic mass is 10.0. The van der Waals surface area contributed by atoms with E-state index in [2.05, 4.69) is 30.5 Å². The predicted molar refractivity (Wildman–Crippen MR) is 139 cm³/mol. The smallest absolute Gasteiger partial charge is 0.243 e. The molecule has 4 heterocycles. The molecule has 0 spiro atoms. The fourth-order valence-electron chi connectivity index (χ4n) is 4.83. The van der Waals surface area contributed by atoms with Crippen LogP contribution in [-0.2, 0) is 14.8 Å². The maximum Gasteiger partial charge on any atom is 0.243 e. The zero-order valence-corrected chi connectivity index (χ0v) is 21.8. The van der Waals surface area contributed by atoms with E-state index in [0.29, 0.717) is 58.4 Å². The van der Waals surface area contributed by atoms with Gasteiger partial charge >= 0.3 is 0 Å². The quantitative estimate of drug-likeness (QED) is 0.418. The molecule has 13 heteroatoms. The van der Waals surface area contributed by atoms with E-state index in [1.54, 1.807) is 29.7 Å². The molecule has 2 aliphatic heterocycles. The Morgan fingerprint density at radius 2 is 1.92 bits per heavy atom. The number of ether oxygens (including phenoxy) is 2. The molecule has 2 aliphatic rings. The van der Waals surface area contributed by atoms with Crippen LogP contribution in [-0.4, -0.2) is 92.2 Å². The van der Waals surface area contributed by atoms with Crippen molar-refractivity contribution in [2.45, 2.75) is 23.8 Å². The summed E-state index contributed by atoms with van der Waals surface area (Å²) in [5, 5.41) is 7.35. The lowest BCUT2D eigenvalue weighted by molar-refractivity contribution is 0.00610. The van der Waals surface area contributed by atoms with Crippen LogP contribution in [0.4, 0.5) is 17.5 Å². The molecule has 3 N–H and O–H groups in total. The van der Waals surface area contributed by atoms with Crippen LogP contribution >= 0.6 is 11.6 Å². The topological polar surface area (TPSA) is 125 Å². The Balaban J connectivity index is 1.33. The van der Waals surface area contributed by atoms with E-state index < -0.39 is 10.0 Å². The van der Waals surface area contributed by atoms with E-state index in [1.165, 1.54) is 13.2 Å². The van der Waals surface area contributed by atoms with Crippen LogP contribution in [0.15, 0.2) is 29.3 Å². The minimum absolute atomic E-state index is 0.193. The molecule has 194 valence electrons. The molecule has 0 saturated carbocycles. The van der Waals surface area contributed by atoms with Gasteiger partial charge in [-0.05, 0) is 25.0 Å². The van der Waals surface area contributed by atoms with Gasteiger partial charge in [-0.15, -0.1) is 0 Å². The van der Waals surface area contributed by atoms with Gasteiger partial charge in [-0.25, -0.2) is 8.42 Å². The van der Waals surface area contributed by atoms with Crippen molar-refractivity contribution in [3.05, 3.63) is 29.4 Å². The Bertz CT molecular complexity index is 1340. The van der Waals surface area contributed by atoms with Gasteiger partial charge in [0, 0.05) is 51.5 Å². The number of piperidine rings is 1. The van der Waals surface area contributed by atoms with Gasteiger partial charge in [-0.1, -0.05) is 11.6 Å².